The Morgan fingerprint density at radius 3 is 2.59 bits per heavy atom. The fraction of sp³-hybridized carbons (Fsp3) is 0.348. The van der Waals surface area contributed by atoms with Crippen LogP contribution in [-0.2, 0) is 22.6 Å². The normalized spacial score (nSPS) is 16.8. The highest BCUT2D eigenvalue weighted by Gasteiger charge is 2.28. The van der Waals surface area contributed by atoms with Crippen LogP contribution in [0.3, 0.4) is 0 Å². The summed E-state index contributed by atoms with van der Waals surface area (Å²) in [5, 5.41) is 3.57. The van der Waals surface area contributed by atoms with Crippen molar-refractivity contribution in [3.8, 4) is 0 Å². The van der Waals surface area contributed by atoms with Gasteiger partial charge in [-0.25, -0.2) is 4.68 Å². The lowest BCUT2D eigenvalue weighted by atomic mass is 9.90. The number of hydrogen-bond donors (Lipinski definition) is 1. The third kappa shape index (κ3) is 4.31. The number of carbonyl (C=O) groups excluding carboxylic acids is 2. The highest BCUT2D eigenvalue weighted by Crippen LogP contribution is 2.20. The molecule has 0 spiro atoms. The first-order valence-electron chi connectivity index (χ1n) is 10.1. The van der Waals surface area contributed by atoms with Gasteiger partial charge in [-0.3, -0.25) is 19.5 Å². The monoisotopic (exact) mass is 391 g/mol. The number of piperidine rings is 1. The fourth-order valence-electron chi connectivity index (χ4n) is 4.04. The van der Waals surface area contributed by atoms with Crippen molar-refractivity contribution in [3.63, 3.8) is 0 Å². The molecule has 0 bridgehead atoms. The Morgan fingerprint density at radius 2 is 1.79 bits per heavy atom. The molecule has 1 N–H and O–H groups in total. The van der Waals surface area contributed by atoms with E-state index in [0.717, 1.165) is 30.3 Å². The zero-order valence-electron chi connectivity index (χ0n) is 16.3. The number of Topliss-reactive ketones (excluding diaryl/α,β-unsaturated/α-hetero) is 1. The van der Waals surface area contributed by atoms with Crippen molar-refractivity contribution in [1.29, 1.82) is 0 Å². The Hall–Kier alpha value is -3.15. The molecule has 2 aromatic carbocycles. The summed E-state index contributed by atoms with van der Waals surface area (Å²) in [7, 11) is 0. The number of nitrogens with one attached hydrogen (secondary N) is 1. The Bertz CT molecular complexity index is 1070. The van der Waals surface area contributed by atoms with Gasteiger partial charge in [0, 0.05) is 25.4 Å². The predicted molar refractivity (Wildman–Crippen MR) is 112 cm³/mol. The Labute approximate surface area is 169 Å². The van der Waals surface area contributed by atoms with E-state index in [2.05, 4.69) is 5.10 Å². The van der Waals surface area contributed by atoms with Crippen LogP contribution in [-0.4, -0.2) is 39.5 Å². The van der Waals surface area contributed by atoms with E-state index in [9.17, 15) is 14.4 Å². The third-order valence-electron chi connectivity index (χ3n) is 5.68. The van der Waals surface area contributed by atoms with Crippen molar-refractivity contribution in [2.45, 2.75) is 32.2 Å². The molecule has 1 atom stereocenters. The van der Waals surface area contributed by atoms with E-state index in [4.69, 9.17) is 0 Å². The summed E-state index contributed by atoms with van der Waals surface area (Å²) < 4.78 is 1.35. The Kier molecular flexibility index (Phi) is 5.60. The first-order chi connectivity index (χ1) is 14.1. The van der Waals surface area contributed by atoms with Gasteiger partial charge in [-0.05, 0) is 37.0 Å². The number of carbonyl (C=O) groups is 2. The van der Waals surface area contributed by atoms with E-state index >= 15 is 0 Å². The highest BCUT2D eigenvalue weighted by molar-refractivity contribution is 5.83. The number of aromatic nitrogens is 2. The number of amides is 1. The molecular formula is C23H25N3O3. The van der Waals surface area contributed by atoms with Crippen molar-refractivity contribution in [1.82, 2.24) is 14.7 Å². The van der Waals surface area contributed by atoms with E-state index in [-0.39, 0.29) is 29.7 Å². The number of benzene rings is 2. The molecule has 1 unspecified atom stereocenters. The van der Waals surface area contributed by atoms with Crippen LogP contribution < -0.4 is 5.56 Å². The molecule has 3 aromatic rings. The lowest BCUT2D eigenvalue weighted by Crippen LogP contribution is -2.44. The molecule has 1 fully saturated rings. The number of H-pyrrole nitrogens is 1. The molecule has 150 valence electrons. The first kappa shape index (κ1) is 19.2. The summed E-state index contributed by atoms with van der Waals surface area (Å²) in [4.78, 5) is 39.6. The molecule has 0 radical (unpaired) electrons. The van der Waals surface area contributed by atoms with E-state index in [1.807, 2.05) is 42.5 Å². The molecule has 6 nitrogen and oxygen atoms in total. The SMILES string of the molecule is O=C(CCc1ccccc1)C1CCCN(C(=O)Cn2[nH]c3ccccc3c2=O)C1. The zero-order chi connectivity index (χ0) is 20.2. The molecule has 1 aliphatic rings. The third-order valence-corrected chi connectivity index (χ3v) is 5.68. The second-order valence-electron chi connectivity index (χ2n) is 7.68. The van der Waals surface area contributed by atoms with Crippen LogP contribution in [0.25, 0.3) is 10.9 Å². The van der Waals surface area contributed by atoms with Gasteiger partial charge >= 0.3 is 0 Å². The fourth-order valence-corrected chi connectivity index (χ4v) is 4.04. The summed E-state index contributed by atoms with van der Waals surface area (Å²) in [6.07, 6.45) is 2.87. The molecule has 1 saturated heterocycles. The molecule has 1 aromatic heterocycles. The van der Waals surface area contributed by atoms with E-state index in [1.165, 1.54) is 4.68 Å². The van der Waals surface area contributed by atoms with Gasteiger partial charge in [-0.15, -0.1) is 0 Å². The minimum atomic E-state index is -0.193. The number of para-hydroxylation sites is 1. The van der Waals surface area contributed by atoms with Crippen molar-refractivity contribution in [2.24, 2.45) is 5.92 Å². The summed E-state index contributed by atoms with van der Waals surface area (Å²) in [5.74, 6) is -0.0239. The average molecular weight is 391 g/mol. The smallest absolute Gasteiger partial charge is 0.274 e. The topological polar surface area (TPSA) is 75.2 Å². The van der Waals surface area contributed by atoms with Gasteiger partial charge in [0.25, 0.3) is 5.56 Å². The second-order valence-corrected chi connectivity index (χ2v) is 7.68. The van der Waals surface area contributed by atoms with Crippen LogP contribution in [0.5, 0.6) is 0 Å². The van der Waals surface area contributed by atoms with Crippen molar-refractivity contribution in [2.75, 3.05) is 13.1 Å². The Balaban J connectivity index is 1.37. The summed E-state index contributed by atoms with van der Waals surface area (Å²) >= 11 is 0. The number of hydrogen-bond acceptors (Lipinski definition) is 3. The molecule has 2 heterocycles. The van der Waals surface area contributed by atoms with Crippen molar-refractivity contribution < 1.29 is 9.59 Å². The molecule has 1 amide bonds. The number of ketones is 1. The summed E-state index contributed by atoms with van der Waals surface area (Å²) in [6.45, 7) is 1.05. The van der Waals surface area contributed by atoms with E-state index in [1.54, 1.807) is 17.0 Å². The van der Waals surface area contributed by atoms with Crippen LogP contribution in [0.4, 0.5) is 0 Å². The number of aryl methyl sites for hydroxylation is 1. The van der Waals surface area contributed by atoms with Gasteiger partial charge < -0.3 is 4.90 Å². The summed E-state index contributed by atoms with van der Waals surface area (Å²) in [5.41, 5.74) is 1.68. The largest absolute Gasteiger partial charge is 0.340 e. The number of rotatable bonds is 6. The maximum absolute atomic E-state index is 12.8. The minimum Gasteiger partial charge on any atom is -0.340 e. The lowest BCUT2D eigenvalue weighted by molar-refractivity contribution is -0.135. The molecule has 0 saturated carbocycles. The lowest BCUT2D eigenvalue weighted by Gasteiger charge is -2.32. The maximum Gasteiger partial charge on any atom is 0.274 e. The predicted octanol–water partition coefficient (Wildman–Crippen LogP) is 2.77. The number of likely N-dealkylation sites (tertiary alicyclic amines) is 1. The Morgan fingerprint density at radius 1 is 1.03 bits per heavy atom. The van der Waals surface area contributed by atoms with Gasteiger partial charge in [0.15, 0.2) is 0 Å². The van der Waals surface area contributed by atoms with E-state index in [0.29, 0.717) is 24.9 Å². The van der Waals surface area contributed by atoms with Crippen LogP contribution in [0.15, 0.2) is 59.4 Å². The van der Waals surface area contributed by atoms with Gasteiger partial charge in [-0.2, -0.15) is 0 Å². The number of aromatic amines is 1. The van der Waals surface area contributed by atoms with Crippen LogP contribution in [0.1, 0.15) is 24.8 Å². The maximum atomic E-state index is 12.8. The summed E-state index contributed by atoms with van der Waals surface area (Å²) in [6, 6.07) is 17.2. The standard InChI is InChI=1S/C23H25N3O3/c27-21(13-12-17-7-2-1-3-8-17)18-9-6-14-25(15-18)22(28)16-26-23(29)19-10-4-5-11-20(19)24-26/h1-5,7-8,10-11,18,24H,6,9,12-16H2. The molecular weight excluding hydrogens is 366 g/mol. The van der Waals surface area contributed by atoms with Gasteiger partial charge in [0.1, 0.15) is 12.3 Å². The van der Waals surface area contributed by atoms with Crippen LogP contribution in [0, 0.1) is 5.92 Å². The molecule has 1 aliphatic heterocycles. The minimum absolute atomic E-state index is 0.0293. The molecule has 29 heavy (non-hydrogen) atoms. The van der Waals surface area contributed by atoms with Gasteiger partial charge in [0.05, 0.1) is 10.9 Å². The molecule has 4 rings (SSSR count). The van der Waals surface area contributed by atoms with Crippen molar-refractivity contribution >= 4 is 22.6 Å². The number of fused-ring (bicyclic) bond motifs is 1. The van der Waals surface area contributed by atoms with Crippen molar-refractivity contribution in [3.05, 3.63) is 70.5 Å². The quantitative estimate of drug-likeness (QED) is 0.702. The zero-order valence-corrected chi connectivity index (χ0v) is 16.3. The molecule has 0 aliphatic carbocycles. The highest BCUT2D eigenvalue weighted by atomic mass is 16.2. The number of nitrogens with zero attached hydrogens (tertiary/aromatic N) is 2. The average Bonchev–Trinajstić information content (AvgIpc) is 3.08. The second kappa shape index (κ2) is 8.47. The molecule has 6 heteroatoms. The van der Waals surface area contributed by atoms with Gasteiger partial charge in [0.2, 0.25) is 5.91 Å². The van der Waals surface area contributed by atoms with Crippen LogP contribution in [0.2, 0.25) is 0 Å². The first-order valence-corrected chi connectivity index (χ1v) is 10.1. The van der Waals surface area contributed by atoms with Crippen LogP contribution >= 0.6 is 0 Å². The van der Waals surface area contributed by atoms with Gasteiger partial charge in [-0.1, -0.05) is 42.5 Å². The van der Waals surface area contributed by atoms with E-state index < -0.39 is 0 Å².